The Kier molecular flexibility index (Phi) is 10.2. The molecule has 0 spiro atoms. The Labute approximate surface area is 265 Å². The van der Waals surface area contributed by atoms with E-state index >= 15 is 0 Å². The molecule has 0 heterocycles. The number of hydrogen-bond acceptors (Lipinski definition) is 0. The molecule has 3 aromatic rings. The fourth-order valence-corrected chi connectivity index (χ4v) is 7.55. The summed E-state index contributed by atoms with van der Waals surface area (Å²) in [5.74, 6) is 1.63. The van der Waals surface area contributed by atoms with Crippen LogP contribution in [0.2, 0.25) is 0 Å². The molecule has 207 valence electrons. The van der Waals surface area contributed by atoms with Gasteiger partial charge >= 0.3 is 0 Å². The van der Waals surface area contributed by atoms with Crippen LogP contribution in [-0.2, 0) is 39.1 Å². The van der Waals surface area contributed by atoms with Crippen LogP contribution in [0.5, 0.6) is 0 Å². The summed E-state index contributed by atoms with van der Waals surface area (Å²) in [5.41, 5.74) is 24.9. The van der Waals surface area contributed by atoms with Gasteiger partial charge in [0, 0.05) is 32.7 Å². The summed E-state index contributed by atoms with van der Waals surface area (Å²) >= 11 is 0. The molecule has 1 saturated carbocycles. The second kappa shape index (κ2) is 12.3. The number of benzene rings is 3. The Morgan fingerprint density at radius 1 is 0.487 bits per heavy atom. The average Bonchev–Trinajstić information content (AvgIpc) is 2.88. The van der Waals surface area contributed by atoms with Gasteiger partial charge in [-0.05, 0) is 153 Å². The quantitative estimate of drug-likeness (QED) is 0.263. The van der Waals surface area contributed by atoms with Gasteiger partial charge in [0.15, 0.2) is 0 Å². The molecule has 0 N–H and O–H groups in total. The predicted molar refractivity (Wildman–Crippen MR) is 167 cm³/mol. The zero-order valence-corrected chi connectivity index (χ0v) is 30.1. The Morgan fingerprint density at radius 2 is 0.846 bits per heavy atom. The standard InChI is InChI=1S/C38H51.Y/c1-20-14-16-33(17-15-20)36-29(10)25(6)34(26(7)30(36)11)19-35-27(8)31(12)38(32(13)28(35)9)37-23(4)21(2)18-22(3)24(37)5;/h20,33H,14-17,19H2,1-13H3;/q-1;. The maximum Gasteiger partial charge on any atom is 0 e. The van der Waals surface area contributed by atoms with Gasteiger partial charge in [0.2, 0.25) is 0 Å². The van der Waals surface area contributed by atoms with E-state index in [0.29, 0.717) is 0 Å². The molecule has 0 unspecified atom stereocenters. The molecule has 3 aromatic carbocycles. The van der Waals surface area contributed by atoms with E-state index in [4.69, 9.17) is 0 Å². The molecule has 0 aliphatic heterocycles. The van der Waals surface area contributed by atoms with Crippen molar-refractivity contribution < 1.29 is 32.7 Å². The summed E-state index contributed by atoms with van der Waals surface area (Å²) in [6.07, 6.45) is 6.50. The Balaban J connectivity index is 0.00000420. The smallest absolute Gasteiger partial charge is 0 e. The van der Waals surface area contributed by atoms with Crippen LogP contribution in [0.15, 0.2) is 0 Å². The zero-order valence-electron chi connectivity index (χ0n) is 27.3. The summed E-state index contributed by atoms with van der Waals surface area (Å²) in [4.78, 5) is 0. The minimum absolute atomic E-state index is 0. The van der Waals surface area contributed by atoms with Crippen LogP contribution in [0.3, 0.4) is 0 Å². The third-order valence-corrected chi connectivity index (χ3v) is 10.9. The second-order valence-electron chi connectivity index (χ2n) is 12.9. The van der Waals surface area contributed by atoms with Crippen molar-refractivity contribution in [2.24, 2.45) is 5.92 Å². The van der Waals surface area contributed by atoms with Gasteiger partial charge in [-0.2, -0.15) is 17.2 Å². The van der Waals surface area contributed by atoms with Crippen molar-refractivity contribution in [3.05, 3.63) is 89.5 Å². The molecule has 0 aromatic heterocycles. The van der Waals surface area contributed by atoms with Crippen LogP contribution in [0.1, 0.15) is 122 Å². The molecule has 1 aliphatic rings. The third kappa shape index (κ3) is 5.64. The second-order valence-corrected chi connectivity index (χ2v) is 12.9. The molecule has 0 nitrogen and oxygen atoms in total. The summed E-state index contributed by atoms with van der Waals surface area (Å²) in [6, 6.07) is 3.58. The van der Waals surface area contributed by atoms with Gasteiger partial charge in [0.05, 0.1) is 0 Å². The third-order valence-electron chi connectivity index (χ3n) is 10.9. The van der Waals surface area contributed by atoms with Crippen molar-refractivity contribution in [3.63, 3.8) is 0 Å². The van der Waals surface area contributed by atoms with E-state index in [1.165, 1.54) is 98.0 Å². The van der Waals surface area contributed by atoms with E-state index < -0.39 is 0 Å². The maximum absolute atomic E-state index is 3.58. The topological polar surface area (TPSA) is 0 Å². The van der Waals surface area contributed by atoms with Crippen LogP contribution in [0, 0.1) is 95.1 Å². The summed E-state index contributed by atoms with van der Waals surface area (Å²) in [7, 11) is 0. The molecular formula is C38H51Y-. The fraction of sp³-hybridized carbons (Fsp3) is 0.526. The van der Waals surface area contributed by atoms with E-state index in [-0.39, 0.29) is 32.7 Å². The van der Waals surface area contributed by atoms with Gasteiger partial charge < -0.3 is 0 Å². The molecule has 0 bridgehead atoms. The summed E-state index contributed by atoms with van der Waals surface area (Å²) in [6.45, 7) is 30.4. The van der Waals surface area contributed by atoms with Crippen LogP contribution >= 0.6 is 0 Å². The molecule has 4 rings (SSSR count). The molecule has 0 atom stereocenters. The molecule has 1 heteroatoms. The van der Waals surface area contributed by atoms with E-state index in [9.17, 15) is 0 Å². The minimum Gasteiger partial charge on any atom is -0.177 e. The van der Waals surface area contributed by atoms with Gasteiger partial charge in [0.25, 0.3) is 0 Å². The molecule has 39 heavy (non-hydrogen) atoms. The van der Waals surface area contributed by atoms with Crippen molar-refractivity contribution >= 4 is 0 Å². The first-order valence-corrected chi connectivity index (χ1v) is 15.0. The number of hydrogen-bond donors (Lipinski definition) is 0. The van der Waals surface area contributed by atoms with E-state index in [1.807, 2.05) is 0 Å². The maximum atomic E-state index is 3.58. The Morgan fingerprint density at radius 3 is 1.26 bits per heavy atom. The van der Waals surface area contributed by atoms with Crippen molar-refractivity contribution in [3.8, 4) is 11.1 Å². The Hall–Kier alpha value is -1.24. The number of rotatable bonds is 4. The van der Waals surface area contributed by atoms with Crippen LogP contribution in [0.25, 0.3) is 11.1 Å². The monoisotopic (exact) mass is 596 g/mol. The summed E-state index contributed by atoms with van der Waals surface area (Å²) in [5, 5.41) is 0. The van der Waals surface area contributed by atoms with Gasteiger partial charge in [0.1, 0.15) is 0 Å². The first kappa shape index (κ1) is 32.3. The van der Waals surface area contributed by atoms with Crippen LogP contribution in [-0.4, -0.2) is 0 Å². The normalized spacial score (nSPS) is 17.4. The van der Waals surface area contributed by atoms with Crippen LogP contribution in [0.4, 0.5) is 0 Å². The molecule has 1 fully saturated rings. The van der Waals surface area contributed by atoms with Crippen molar-refractivity contribution in [2.75, 3.05) is 0 Å². The van der Waals surface area contributed by atoms with Crippen molar-refractivity contribution in [1.82, 2.24) is 0 Å². The first-order valence-electron chi connectivity index (χ1n) is 15.0. The van der Waals surface area contributed by atoms with Gasteiger partial charge in [-0.15, -0.1) is 16.7 Å². The minimum atomic E-state index is 0. The van der Waals surface area contributed by atoms with E-state index in [0.717, 1.165) is 18.3 Å². The van der Waals surface area contributed by atoms with Gasteiger partial charge in [-0.1, -0.05) is 47.5 Å². The molecule has 1 radical (unpaired) electrons. The SMILES string of the molecule is Cc1[c-]c(C)c(C)c(-c2c(C)c(C)c(Cc3c(C)c(C)c(C4CCC(C)CC4)c(C)c3C)c(C)c2C)c1C.[Y]. The molecular weight excluding hydrogens is 545 g/mol. The van der Waals surface area contributed by atoms with E-state index in [1.54, 1.807) is 22.3 Å². The van der Waals surface area contributed by atoms with Crippen molar-refractivity contribution in [1.29, 1.82) is 0 Å². The summed E-state index contributed by atoms with van der Waals surface area (Å²) < 4.78 is 0. The predicted octanol–water partition coefficient (Wildman–Crippen LogP) is 10.7. The van der Waals surface area contributed by atoms with E-state index in [2.05, 4.69) is 96.1 Å². The Bertz CT molecular complexity index is 1330. The van der Waals surface area contributed by atoms with Crippen LogP contribution < -0.4 is 0 Å². The first-order chi connectivity index (χ1) is 17.8. The fourth-order valence-electron chi connectivity index (χ4n) is 7.55. The number of aryl methyl sites for hydroxylation is 2. The molecule has 0 amide bonds. The van der Waals surface area contributed by atoms with Gasteiger partial charge in [-0.25, -0.2) is 0 Å². The van der Waals surface area contributed by atoms with Crippen molar-refractivity contribution in [2.45, 2.75) is 128 Å². The average molecular weight is 597 g/mol. The largest absolute Gasteiger partial charge is 0.177 e. The molecule has 1 aliphatic carbocycles. The molecule has 0 saturated heterocycles. The van der Waals surface area contributed by atoms with Gasteiger partial charge in [-0.3, -0.25) is 0 Å². The zero-order chi connectivity index (χ0) is 28.2.